The molecule has 0 spiro atoms. The molecule has 2 rings (SSSR count). The highest BCUT2D eigenvalue weighted by atomic mass is 35.5. The molecule has 1 aromatic rings. The summed E-state index contributed by atoms with van der Waals surface area (Å²) in [5, 5.41) is 18.3. The predicted molar refractivity (Wildman–Crippen MR) is 96.3 cm³/mol. The van der Waals surface area contributed by atoms with E-state index in [0.29, 0.717) is 24.2 Å². The first-order valence-electron chi connectivity index (χ1n) is 8.41. The van der Waals surface area contributed by atoms with Gasteiger partial charge in [-0.25, -0.2) is 0 Å². The Morgan fingerprint density at radius 2 is 2.08 bits per heavy atom. The van der Waals surface area contributed by atoms with Crippen LogP contribution in [-0.2, 0) is 22.6 Å². The SMILES string of the molecule is CC(C)(C)OC([O-])=NCc1ccc(Cl)cc1CNC(=O)CNC1CC1. The van der Waals surface area contributed by atoms with Gasteiger partial charge in [-0.2, -0.15) is 0 Å². The third-order valence-electron chi connectivity index (χ3n) is 3.54. The molecule has 0 aliphatic heterocycles. The Morgan fingerprint density at radius 1 is 1.36 bits per heavy atom. The van der Waals surface area contributed by atoms with Crippen molar-refractivity contribution in [3.05, 3.63) is 34.3 Å². The topological polar surface area (TPSA) is 85.8 Å². The van der Waals surface area contributed by atoms with Gasteiger partial charge in [-0.3, -0.25) is 9.79 Å². The molecule has 1 fully saturated rings. The average molecular weight is 367 g/mol. The minimum Gasteiger partial charge on any atom is -0.595 e. The Kier molecular flexibility index (Phi) is 6.67. The summed E-state index contributed by atoms with van der Waals surface area (Å²) in [4.78, 5) is 15.8. The van der Waals surface area contributed by atoms with Crippen LogP contribution in [-0.4, -0.2) is 30.2 Å². The first-order chi connectivity index (χ1) is 11.7. The van der Waals surface area contributed by atoms with Crippen LogP contribution in [0.4, 0.5) is 0 Å². The molecular weight excluding hydrogens is 342 g/mol. The zero-order valence-electron chi connectivity index (χ0n) is 14.9. The van der Waals surface area contributed by atoms with E-state index in [2.05, 4.69) is 15.6 Å². The Labute approximate surface area is 153 Å². The van der Waals surface area contributed by atoms with Gasteiger partial charge < -0.3 is 20.5 Å². The summed E-state index contributed by atoms with van der Waals surface area (Å²) in [6.07, 6.45) is 1.67. The molecule has 0 unspecified atom stereocenters. The Hall–Kier alpha value is -1.79. The van der Waals surface area contributed by atoms with E-state index in [-0.39, 0.29) is 12.5 Å². The number of benzene rings is 1. The van der Waals surface area contributed by atoms with E-state index >= 15 is 0 Å². The number of ether oxygens (including phenoxy) is 1. The van der Waals surface area contributed by atoms with Crippen LogP contribution < -0.4 is 15.7 Å². The van der Waals surface area contributed by atoms with Crippen LogP contribution in [0.3, 0.4) is 0 Å². The number of aliphatic imine (C=N–C) groups is 1. The number of hydrogen-bond acceptors (Lipinski definition) is 5. The molecule has 7 heteroatoms. The molecule has 0 atom stereocenters. The minimum atomic E-state index is -0.605. The lowest BCUT2D eigenvalue weighted by atomic mass is 10.1. The van der Waals surface area contributed by atoms with E-state index < -0.39 is 11.7 Å². The average Bonchev–Trinajstić information content (AvgIpc) is 3.32. The summed E-state index contributed by atoms with van der Waals surface area (Å²) in [5.41, 5.74) is 1.08. The second kappa shape index (κ2) is 8.54. The van der Waals surface area contributed by atoms with Gasteiger partial charge in [0.25, 0.3) is 0 Å². The highest BCUT2D eigenvalue weighted by Gasteiger charge is 2.21. The smallest absolute Gasteiger partial charge is 0.234 e. The molecule has 1 amide bonds. The maximum atomic E-state index is 11.9. The van der Waals surface area contributed by atoms with E-state index in [9.17, 15) is 9.90 Å². The van der Waals surface area contributed by atoms with Crippen molar-refractivity contribution in [1.82, 2.24) is 10.6 Å². The van der Waals surface area contributed by atoms with Crippen LogP contribution >= 0.6 is 11.6 Å². The number of nitrogens with one attached hydrogen (secondary N) is 2. The van der Waals surface area contributed by atoms with Crippen molar-refractivity contribution < 1.29 is 14.6 Å². The Balaban J connectivity index is 1.93. The van der Waals surface area contributed by atoms with Crippen molar-refractivity contribution >= 4 is 23.6 Å². The lowest BCUT2D eigenvalue weighted by Crippen LogP contribution is -2.34. The Morgan fingerprint density at radius 3 is 2.72 bits per heavy atom. The van der Waals surface area contributed by atoms with Gasteiger partial charge in [0.05, 0.1) is 13.1 Å². The molecule has 138 valence electrons. The number of rotatable bonds is 7. The third kappa shape index (κ3) is 7.75. The van der Waals surface area contributed by atoms with Crippen LogP contribution in [0.1, 0.15) is 44.7 Å². The summed E-state index contributed by atoms with van der Waals surface area (Å²) in [6.45, 7) is 6.20. The molecule has 25 heavy (non-hydrogen) atoms. The van der Waals surface area contributed by atoms with E-state index in [0.717, 1.165) is 24.0 Å². The molecule has 0 aromatic heterocycles. The summed E-state index contributed by atoms with van der Waals surface area (Å²) >= 11 is 6.05. The molecule has 0 heterocycles. The van der Waals surface area contributed by atoms with E-state index in [1.165, 1.54) is 0 Å². The zero-order chi connectivity index (χ0) is 18.4. The van der Waals surface area contributed by atoms with Crippen molar-refractivity contribution in [3.63, 3.8) is 0 Å². The van der Waals surface area contributed by atoms with Gasteiger partial charge >= 0.3 is 0 Å². The van der Waals surface area contributed by atoms with Crippen molar-refractivity contribution in [2.24, 2.45) is 4.99 Å². The van der Waals surface area contributed by atoms with E-state index in [1.807, 2.05) is 0 Å². The second-order valence-corrected chi connectivity index (χ2v) is 7.58. The molecular formula is C18H25ClN3O3-. The quantitative estimate of drug-likeness (QED) is 0.568. The van der Waals surface area contributed by atoms with Gasteiger partial charge in [-0.1, -0.05) is 38.4 Å². The molecule has 0 radical (unpaired) electrons. The van der Waals surface area contributed by atoms with Crippen molar-refractivity contribution in [2.75, 3.05) is 6.54 Å². The fourth-order valence-electron chi connectivity index (χ4n) is 2.14. The van der Waals surface area contributed by atoms with Crippen molar-refractivity contribution in [1.29, 1.82) is 0 Å². The molecule has 6 nitrogen and oxygen atoms in total. The van der Waals surface area contributed by atoms with Crippen molar-refractivity contribution in [2.45, 2.75) is 58.3 Å². The molecule has 0 bridgehead atoms. The number of carbonyl (C=O) groups excluding carboxylic acids is 1. The largest absolute Gasteiger partial charge is 0.595 e. The maximum absolute atomic E-state index is 11.9. The lowest BCUT2D eigenvalue weighted by Gasteiger charge is -2.29. The molecule has 1 aromatic carbocycles. The van der Waals surface area contributed by atoms with Gasteiger partial charge in [0.15, 0.2) is 0 Å². The summed E-state index contributed by atoms with van der Waals surface area (Å²) in [6, 6.07) is 5.80. The fraction of sp³-hybridized carbons (Fsp3) is 0.556. The predicted octanol–water partition coefficient (Wildman–Crippen LogP) is 1.74. The van der Waals surface area contributed by atoms with Gasteiger partial charge in [-0.05, 0) is 36.1 Å². The zero-order valence-corrected chi connectivity index (χ0v) is 15.7. The molecule has 1 aliphatic carbocycles. The van der Waals surface area contributed by atoms with Crippen molar-refractivity contribution in [3.8, 4) is 0 Å². The molecule has 1 saturated carbocycles. The number of nitrogens with zero attached hydrogens (tertiary/aromatic N) is 1. The maximum Gasteiger partial charge on any atom is 0.234 e. The van der Waals surface area contributed by atoms with Gasteiger partial charge in [0, 0.05) is 23.2 Å². The normalized spacial score (nSPS) is 15.1. The number of amides is 1. The molecule has 0 saturated heterocycles. The minimum absolute atomic E-state index is 0.0677. The first kappa shape index (κ1) is 19.5. The van der Waals surface area contributed by atoms with Gasteiger partial charge in [0.1, 0.15) is 6.08 Å². The molecule has 1 aliphatic rings. The number of carbonyl (C=O) groups is 1. The fourth-order valence-corrected chi connectivity index (χ4v) is 2.33. The standard InChI is InChI=1S/C18H26ClN3O3/c1-18(2,3)25-17(24)22-9-12-4-5-14(19)8-13(12)10-21-16(23)11-20-15-6-7-15/h4-5,8,15,20H,6-7,9-11H2,1-3H3,(H,21,23)(H,22,24)/p-1. The van der Waals surface area contributed by atoms with Gasteiger partial charge in [-0.15, -0.1) is 0 Å². The first-order valence-corrected chi connectivity index (χ1v) is 8.78. The van der Waals surface area contributed by atoms with E-state index in [1.54, 1.807) is 39.0 Å². The summed E-state index contributed by atoms with van der Waals surface area (Å²) in [5.74, 6) is -0.0677. The highest BCUT2D eigenvalue weighted by molar-refractivity contribution is 6.30. The Bertz CT molecular complexity index is 637. The van der Waals surface area contributed by atoms with E-state index in [4.69, 9.17) is 16.3 Å². The lowest BCUT2D eigenvalue weighted by molar-refractivity contribution is -0.260. The van der Waals surface area contributed by atoms with Crippen LogP contribution in [0, 0.1) is 0 Å². The highest BCUT2D eigenvalue weighted by Crippen LogP contribution is 2.19. The monoisotopic (exact) mass is 366 g/mol. The second-order valence-electron chi connectivity index (χ2n) is 7.14. The van der Waals surface area contributed by atoms with Crippen LogP contribution in [0.15, 0.2) is 23.2 Å². The molecule has 2 N–H and O–H groups in total. The summed E-state index contributed by atoms with van der Waals surface area (Å²) < 4.78 is 5.17. The van der Waals surface area contributed by atoms with Crippen LogP contribution in [0.25, 0.3) is 0 Å². The van der Waals surface area contributed by atoms with Gasteiger partial charge in [0.2, 0.25) is 5.91 Å². The third-order valence-corrected chi connectivity index (χ3v) is 3.78. The van der Waals surface area contributed by atoms with Crippen LogP contribution in [0.2, 0.25) is 5.02 Å². The van der Waals surface area contributed by atoms with Crippen LogP contribution in [0.5, 0.6) is 0 Å². The number of halogens is 1. The summed E-state index contributed by atoms with van der Waals surface area (Å²) in [7, 11) is 0. The number of hydrogen-bond donors (Lipinski definition) is 2.